The van der Waals surface area contributed by atoms with E-state index in [-0.39, 0.29) is 0 Å². The first-order valence-electron chi connectivity index (χ1n) is 4.66. The Morgan fingerprint density at radius 2 is 1.82 bits per heavy atom. The van der Waals surface area contributed by atoms with Crippen LogP contribution >= 0.6 is 0 Å². The average molecular weight is 155 g/mol. The van der Waals surface area contributed by atoms with Gasteiger partial charge in [0.1, 0.15) is 0 Å². The van der Waals surface area contributed by atoms with E-state index in [9.17, 15) is 0 Å². The molecule has 0 aromatic carbocycles. The molecule has 0 N–H and O–H groups in total. The van der Waals surface area contributed by atoms with Gasteiger partial charge in [-0.25, -0.2) is 0 Å². The first-order valence-corrected chi connectivity index (χ1v) is 4.66. The summed E-state index contributed by atoms with van der Waals surface area (Å²) in [6.07, 6.45) is 2.70. The van der Waals surface area contributed by atoms with Crippen LogP contribution in [0.4, 0.5) is 0 Å². The van der Waals surface area contributed by atoms with Gasteiger partial charge < -0.3 is 0 Å². The molecule has 0 bridgehead atoms. The third kappa shape index (κ3) is 1.76. The molecule has 1 aliphatic heterocycles. The molecule has 0 aromatic rings. The van der Waals surface area contributed by atoms with Crippen molar-refractivity contribution in [2.45, 2.75) is 52.1 Å². The van der Waals surface area contributed by atoms with Gasteiger partial charge in [-0.15, -0.1) is 0 Å². The topological polar surface area (TPSA) is 3.24 Å². The van der Waals surface area contributed by atoms with Crippen molar-refractivity contribution in [2.24, 2.45) is 5.92 Å². The van der Waals surface area contributed by atoms with Gasteiger partial charge in [0.25, 0.3) is 0 Å². The Hall–Kier alpha value is -0.0400. The monoisotopic (exact) mass is 155 g/mol. The second-order valence-corrected chi connectivity index (χ2v) is 4.82. The lowest BCUT2D eigenvalue weighted by Crippen LogP contribution is -2.51. The number of rotatable bonds is 0. The second-order valence-electron chi connectivity index (χ2n) is 4.82. The Morgan fingerprint density at radius 3 is 2.27 bits per heavy atom. The van der Waals surface area contributed by atoms with Crippen molar-refractivity contribution in [1.29, 1.82) is 0 Å². The number of nitrogens with zero attached hydrogens (tertiary/aromatic N) is 1. The van der Waals surface area contributed by atoms with Crippen LogP contribution in [0.3, 0.4) is 0 Å². The zero-order valence-corrected chi connectivity index (χ0v) is 8.52. The van der Waals surface area contributed by atoms with E-state index in [4.69, 9.17) is 0 Å². The molecule has 1 saturated heterocycles. The molecule has 1 fully saturated rings. The smallest absolute Gasteiger partial charge is 0.0155 e. The van der Waals surface area contributed by atoms with Crippen molar-refractivity contribution in [1.82, 2.24) is 4.90 Å². The summed E-state index contributed by atoms with van der Waals surface area (Å²) in [7, 11) is 2.25. The summed E-state index contributed by atoms with van der Waals surface area (Å²) in [5, 5.41) is 0. The lowest BCUT2D eigenvalue weighted by molar-refractivity contribution is 0.0328. The predicted octanol–water partition coefficient (Wildman–Crippen LogP) is 2.52. The molecule has 0 spiro atoms. The van der Waals surface area contributed by atoms with Gasteiger partial charge in [-0.05, 0) is 46.6 Å². The van der Waals surface area contributed by atoms with E-state index in [0.717, 1.165) is 12.0 Å². The number of piperidine rings is 1. The fourth-order valence-corrected chi connectivity index (χ4v) is 2.42. The standard InChI is InChI=1S/C10H21N/c1-8-6-9(2)11(5)10(3,4)7-8/h8-9H,6-7H2,1-5H3/t8-,9-/m1/s1. The summed E-state index contributed by atoms with van der Waals surface area (Å²) >= 11 is 0. The maximum atomic E-state index is 2.51. The summed E-state index contributed by atoms with van der Waals surface area (Å²) in [6.45, 7) is 9.39. The summed E-state index contributed by atoms with van der Waals surface area (Å²) in [5.74, 6) is 0.899. The van der Waals surface area contributed by atoms with E-state index in [1.165, 1.54) is 12.8 Å². The number of hydrogen-bond acceptors (Lipinski definition) is 1. The van der Waals surface area contributed by atoms with E-state index >= 15 is 0 Å². The average Bonchev–Trinajstić information content (AvgIpc) is 1.81. The van der Waals surface area contributed by atoms with Crippen molar-refractivity contribution in [2.75, 3.05) is 7.05 Å². The molecule has 1 nitrogen and oxygen atoms in total. The maximum absolute atomic E-state index is 2.51. The Morgan fingerprint density at radius 1 is 1.27 bits per heavy atom. The molecule has 0 radical (unpaired) electrons. The highest BCUT2D eigenvalue weighted by Gasteiger charge is 2.34. The highest BCUT2D eigenvalue weighted by molar-refractivity contribution is 4.89. The zero-order chi connectivity index (χ0) is 8.65. The fourth-order valence-electron chi connectivity index (χ4n) is 2.42. The van der Waals surface area contributed by atoms with Crippen molar-refractivity contribution < 1.29 is 0 Å². The van der Waals surface area contributed by atoms with Crippen molar-refractivity contribution >= 4 is 0 Å². The highest BCUT2D eigenvalue weighted by atomic mass is 15.2. The molecular weight excluding hydrogens is 134 g/mol. The number of hydrogen-bond donors (Lipinski definition) is 0. The molecule has 1 heteroatoms. The minimum Gasteiger partial charge on any atom is -0.299 e. The van der Waals surface area contributed by atoms with Gasteiger partial charge in [0.15, 0.2) is 0 Å². The molecule has 0 unspecified atom stereocenters. The molecule has 1 rings (SSSR count). The first kappa shape index (κ1) is 9.05. The molecule has 2 atom stereocenters. The van der Waals surface area contributed by atoms with Gasteiger partial charge in [0.2, 0.25) is 0 Å². The fraction of sp³-hybridized carbons (Fsp3) is 1.00. The molecule has 66 valence electrons. The maximum Gasteiger partial charge on any atom is 0.0155 e. The van der Waals surface area contributed by atoms with Crippen LogP contribution in [0.15, 0.2) is 0 Å². The lowest BCUT2D eigenvalue weighted by atomic mass is 9.81. The van der Waals surface area contributed by atoms with Gasteiger partial charge in [0.05, 0.1) is 0 Å². The first-order chi connectivity index (χ1) is 4.93. The zero-order valence-electron chi connectivity index (χ0n) is 8.52. The third-order valence-electron chi connectivity index (χ3n) is 3.21. The third-order valence-corrected chi connectivity index (χ3v) is 3.21. The number of likely N-dealkylation sites (tertiary alicyclic amines) is 1. The van der Waals surface area contributed by atoms with Crippen LogP contribution in [0.25, 0.3) is 0 Å². The van der Waals surface area contributed by atoms with E-state index in [0.29, 0.717) is 5.54 Å². The van der Waals surface area contributed by atoms with Crippen LogP contribution in [0.2, 0.25) is 0 Å². The van der Waals surface area contributed by atoms with Gasteiger partial charge in [0, 0.05) is 11.6 Å². The normalized spacial score (nSPS) is 39.0. The largest absolute Gasteiger partial charge is 0.299 e. The Labute approximate surface area is 70.8 Å². The summed E-state index contributed by atoms with van der Waals surface area (Å²) < 4.78 is 0. The molecule has 11 heavy (non-hydrogen) atoms. The van der Waals surface area contributed by atoms with Gasteiger partial charge in [-0.1, -0.05) is 6.92 Å². The molecule has 0 aliphatic carbocycles. The van der Waals surface area contributed by atoms with Crippen molar-refractivity contribution in [3.63, 3.8) is 0 Å². The van der Waals surface area contributed by atoms with Gasteiger partial charge >= 0.3 is 0 Å². The highest BCUT2D eigenvalue weighted by Crippen LogP contribution is 2.33. The Balaban J connectivity index is 2.67. The van der Waals surface area contributed by atoms with Crippen LogP contribution in [-0.4, -0.2) is 23.5 Å². The minimum absolute atomic E-state index is 0.414. The van der Waals surface area contributed by atoms with Crippen LogP contribution < -0.4 is 0 Å². The molecular formula is C10H21N. The van der Waals surface area contributed by atoms with Gasteiger partial charge in [-0.2, -0.15) is 0 Å². The van der Waals surface area contributed by atoms with Crippen LogP contribution in [0, 0.1) is 5.92 Å². The predicted molar refractivity (Wildman–Crippen MR) is 49.7 cm³/mol. The summed E-state index contributed by atoms with van der Waals surface area (Å²) in [6, 6.07) is 0.758. The SMILES string of the molecule is C[C@@H]1C[C@@H](C)N(C)C(C)(C)C1. The van der Waals surface area contributed by atoms with E-state index in [1.807, 2.05) is 0 Å². The summed E-state index contributed by atoms with van der Waals surface area (Å²) in [5.41, 5.74) is 0.414. The molecule has 0 aromatic heterocycles. The van der Waals surface area contributed by atoms with Crippen LogP contribution in [0.1, 0.15) is 40.5 Å². The molecule has 1 aliphatic rings. The van der Waals surface area contributed by atoms with Crippen LogP contribution in [-0.2, 0) is 0 Å². The van der Waals surface area contributed by atoms with E-state index in [1.54, 1.807) is 0 Å². The Bertz CT molecular complexity index is 140. The lowest BCUT2D eigenvalue weighted by Gasteiger charge is -2.47. The van der Waals surface area contributed by atoms with Crippen LogP contribution in [0.5, 0.6) is 0 Å². The molecule has 0 saturated carbocycles. The van der Waals surface area contributed by atoms with Crippen molar-refractivity contribution in [3.8, 4) is 0 Å². The molecule has 1 heterocycles. The second kappa shape index (κ2) is 2.78. The van der Waals surface area contributed by atoms with Crippen molar-refractivity contribution in [3.05, 3.63) is 0 Å². The van der Waals surface area contributed by atoms with E-state index < -0.39 is 0 Å². The molecule has 0 amide bonds. The minimum atomic E-state index is 0.414. The van der Waals surface area contributed by atoms with Gasteiger partial charge in [-0.3, -0.25) is 4.90 Å². The summed E-state index contributed by atoms with van der Waals surface area (Å²) in [4.78, 5) is 2.51. The Kier molecular flexibility index (Phi) is 2.29. The quantitative estimate of drug-likeness (QED) is 0.519. The van der Waals surface area contributed by atoms with E-state index in [2.05, 4.69) is 39.6 Å².